The van der Waals surface area contributed by atoms with E-state index in [4.69, 9.17) is 0 Å². The minimum absolute atomic E-state index is 0.727. The van der Waals surface area contributed by atoms with E-state index in [0.717, 1.165) is 25.5 Å². The molecule has 1 N–H and O–H groups in total. The molecule has 0 spiro atoms. The summed E-state index contributed by atoms with van der Waals surface area (Å²) in [5.41, 5.74) is 0.727. The van der Waals surface area contributed by atoms with E-state index in [0.29, 0.717) is 0 Å². The summed E-state index contributed by atoms with van der Waals surface area (Å²) in [5.74, 6) is 0. The van der Waals surface area contributed by atoms with Crippen LogP contribution in [-0.2, 0) is 0 Å². The number of anilines is 1. The Bertz CT molecular complexity index is 674. The molecule has 0 aliphatic heterocycles. The summed E-state index contributed by atoms with van der Waals surface area (Å²) >= 11 is 2.99. The quantitative estimate of drug-likeness (QED) is 0.726. The molecule has 3 aromatic heterocycles. The molecule has 3 heterocycles. The first kappa shape index (κ1) is 11.4. The Labute approximate surface area is 111 Å². The zero-order valence-electron chi connectivity index (χ0n) is 9.65. The summed E-state index contributed by atoms with van der Waals surface area (Å²) in [6.07, 6.45) is 3.22. The van der Waals surface area contributed by atoms with Gasteiger partial charge in [0.1, 0.15) is 11.4 Å². The summed E-state index contributed by atoms with van der Waals surface area (Å²) in [6.45, 7) is 0. The molecule has 0 saturated carbocycles. The van der Waals surface area contributed by atoms with Crippen molar-refractivity contribution in [3.8, 4) is 0 Å². The number of hydrogen-bond donors (Lipinski definition) is 1. The highest BCUT2D eigenvalue weighted by atomic mass is 32.2. The molecule has 9 heteroatoms. The fourth-order valence-corrected chi connectivity index (χ4v) is 3.07. The van der Waals surface area contributed by atoms with Crippen molar-refractivity contribution in [3.05, 3.63) is 12.5 Å². The van der Waals surface area contributed by atoms with Crippen LogP contribution < -0.4 is 4.90 Å². The molecule has 0 aliphatic rings. The molecule has 0 unspecified atom stereocenters. The Morgan fingerprint density at radius 1 is 1.28 bits per heavy atom. The van der Waals surface area contributed by atoms with Gasteiger partial charge in [-0.1, -0.05) is 11.3 Å². The average molecular weight is 279 g/mol. The van der Waals surface area contributed by atoms with E-state index < -0.39 is 0 Å². The van der Waals surface area contributed by atoms with Crippen molar-refractivity contribution in [3.63, 3.8) is 0 Å². The third kappa shape index (κ3) is 2.02. The number of hydrogen-bond acceptors (Lipinski definition) is 8. The monoisotopic (exact) mass is 279 g/mol. The third-order valence-electron chi connectivity index (χ3n) is 2.17. The van der Waals surface area contributed by atoms with Crippen molar-refractivity contribution in [2.45, 2.75) is 9.37 Å². The van der Waals surface area contributed by atoms with Gasteiger partial charge < -0.3 is 4.90 Å². The van der Waals surface area contributed by atoms with Crippen molar-refractivity contribution in [1.82, 2.24) is 30.4 Å². The van der Waals surface area contributed by atoms with Gasteiger partial charge in [0.2, 0.25) is 5.13 Å². The van der Waals surface area contributed by atoms with Crippen LogP contribution in [0.2, 0.25) is 0 Å². The molecule has 3 aromatic rings. The Morgan fingerprint density at radius 3 is 2.94 bits per heavy atom. The summed E-state index contributed by atoms with van der Waals surface area (Å²) in [6, 6.07) is 0. The second-order valence-electron chi connectivity index (χ2n) is 3.66. The second-order valence-corrected chi connectivity index (χ2v) is 5.85. The standard InChI is InChI=1S/C9H9N7S2/c1-16(2)8-14-15-9(18-8)17-7-5-3-12-13-6(5)10-4-11-7/h3-4H,1-2H3,(H,10,11,12,13). The van der Waals surface area contributed by atoms with Gasteiger partial charge in [0.15, 0.2) is 9.99 Å². The van der Waals surface area contributed by atoms with Gasteiger partial charge in [-0.25, -0.2) is 9.97 Å². The van der Waals surface area contributed by atoms with Crippen LogP contribution >= 0.6 is 23.1 Å². The van der Waals surface area contributed by atoms with Crippen LogP contribution in [0.1, 0.15) is 0 Å². The first-order valence-electron chi connectivity index (χ1n) is 5.07. The van der Waals surface area contributed by atoms with Gasteiger partial charge in [-0.2, -0.15) is 5.10 Å². The lowest BCUT2D eigenvalue weighted by Gasteiger charge is -2.03. The molecule has 0 aromatic carbocycles. The third-order valence-corrected chi connectivity index (χ3v) is 4.33. The molecule has 0 saturated heterocycles. The Morgan fingerprint density at radius 2 is 2.17 bits per heavy atom. The van der Waals surface area contributed by atoms with Gasteiger partial charge in [0, 0.05) is 14.1 Å². The molecule has 0 aliphatic carbocycles. The molecular weight excluding hydrogens is 270 g/mol. The van der Waals surface area contributed by atoms with E-state index in [1.165, 1.54) is 29.4 Å². The van der Waals surface area contributed by atoms with Crippen LogP contribution in [0.15, 0.2) is 21.9 Å². The number of aromatic amines is 1. The highest BCUT2D eigenvalue weighted by Gasteiger charge is 2.11. The largest absolute Gasteiger partial charge is 0.353 e. The average Bonchev–Trinajstić information content (AvgIpc) is 2.97. The lowest BCUT2D eigenvalue weighted by Crippen LogP contribution is -2.07. The van der Waals surface area contributed by atoms with Crippen molar-refractivity contribution in [2.75, 3.05) is 19.0 Å². The maximum Gasteiger partial charge on any atom is 0.208 e. The predicted octanol–water partition coefficient (Wildman–Crippen LogP) is 1.42. The van der Waals surface area contributed by atoms with Crippen molar-refractivity contribution in [1.29, 1.82) is 0 Å². The number of fused-ring (bicyclic) bond motifs is 1. The molecule has 3 rings (SSSR count). The Balaban J connectivity index is 1.93. The number of nitrogens with one attached hydrogen (secondary N) is 1. The first-order chi connectivity index (χ1) is 8.74. The zero-order valence-corrected chi connectivity index (χ0v) is 11.3. The number of nitrogens with zero attached hydrogens (tertiary/aromatic N) is 6. The fourth-order valence-electron chi connectivity index (χ4n) is 1.33. The highest BCUT2D eigenvalue weighted by Crippen LogP contribution is 2.34. The summed E-state index contributed by atoms with van der Waals surface area (Å²) < 4.78 is 0.847. The molecule has 0 amide bonds. The van der Waals surface area contributed by atoms with Gasteiger partial charge in [-0.3, -0.25) is 5.10 Å². The van der Waals surface area contributed by atoms with E-state index >= 15 is 0 Å². The summed E-state index contributed by atoms with van der Waals surface area (Å²) in [4.78, 5) is 10.3. The molecule has 18 heavy (non-hydrogen) atoms. The zero-order chi connectivity index (χ0) is 12.5. The van der Waals surface area contributed by atoms with Gasteiger partial charge in [-0.15, -0.1) is 10.2 Å². The molecule has 0 bridgehead atoms. The van der Waals surface area contributed by atoms with E-state index in [1.54, 1.807) is 6.20 Å². The van der Waals surface area contributed by atoms with Crippen LogP contribution in [0.3, 0.4) is 0 Å². The minimum atomic E-state index is 0.727. The van der Waals surface area contributed by atoms with Crippen molar-refractivity contribution in [2.24, 2.45) is 0 Å². The van der Waals surface area contributed by atoms with E-state index in [-0.39, 0.29) is 0 Å². The molecule has 0 fully saturated rings. The Kier molecular flexibility index (Phi) is 2.84. The van der Waals surface area contributed by atoms with Gasteiger partial charge in [0.05, 0.1) is 11.6 Å². The second kappa shape index (κ2) is 4.50. The molecule has 0 radical (unpaired) electrons. The number of aromatic nitrogens is 6. The SMILES string of the molecule is CN(C)c1nnc(Sc2ncnc3[nH]ncc23)s1. The van der Waals surface area contributed by atoms with Gasteiger partial charge in [0.25, 0.3) is 0 Å². The number of rotatable bonds is 3. The summed E-state index contributed by atoms with van der Waals surface area (Å²) in [5, 5.41) is 17.6. The van der Waals surface area contributed by atoms with E-state index in [2.05, 4.69) is 30.4 Å². The Hall–Kier alpha value is -1.74. The lowest BCUT2D eigenvalue weighted by molar-refractivity contribution is 0.970. The highest BCUT2D eigenvalue weighted by molar-refractivity contribution is 8.01. The lowest BCUT2D eigenvalue weighted by atomic mass is 10.4. The van der Waals surface area contributed by atoms with Crippen LogP contribution in [-0.4, -0.2) is 44.5 Å². The van der Waals surface area contributed by atoms with E-state index in [9.17, 15) is 0 Å². The maximum absolute atomic E-state index is 4.25. The maximum atomic E-state index is 4.25. The first-order valence-corrected chi connectivity index (χ1v) is 6.70. The molecule has 0 atom stereocenters. The van der Waals surface area contributed by atoms with Crippen LogP contribution in [0.25, 0.3) is 11.0 Å². The normalized spacial score (nSPS) is 11.0. The minimum Gasteiger partial charge on any atom is -0.353 e. The van der Waals surface area contributed by atoms with E-state index in [1.807, 2.05) is 19.0 Å². The van der Waals surface area contributed by atoms with Crippen LogP contribution in [0.4, 0.5) is 5.13 Å². The predicted molar refractivity (Wildman–Crippen MR) is 70.0 cm³/mol. The molecular formula is C9H9N7S2. The fraction of sp³-hybridized carbons (Fsp3) is 0.222. The molecule has 92 valence electrons. The molecule has 7 nitrogen and oxygen atoms in total. The smallest absolute Gasteiger partial charge is 0.208 e. The van der Waals surface area contributed by atoms with Gasteiger partial charge in [-0.05, 0) is 11.8 Å². The van der Waals surface area contributed by atoms with Crippen molar-refractivity contribution >= 4 is 39.3 Å². The topological polar surface area (TPSA) is 83.5 Å². The summed E-state index contributed by atoms with van der Waals surface area (Å²) in [7, 11) is 3.88. The number of H-pyrrole nitrogens is 1. The van der Waals surface area contributed by atoms with Crippen LogP contribution in [0.5, 0.6) is 0 Å². The van der Waals surface area contributed by atoms with Crippen molar-refractivity contribution < 1.29 is 0 Å². The van der Waals surface area contributed by atoms with Crippen LogP contribution in [0, 0.1) is 0 Å². The van der Waals surface area contributed by atoms with Gasteiger partial charge >= 0.3 is 0 Å².